The summed E-state index contributed by atoms with van der Waals surface area (Å²) in [6.07, 6.45) is -0.346. The minimum atomic E-state index is -2.03. The number of hydrogen-bond donors (Lipinski definition) is 0. The summed E-state index contributed by atoms with van der Waals surface area (Å²) in [5, 5.41) is 0.0471. The molecule has 0 spiro atoms. The van der Waals surface area contributed by atoms with Gasteiger partial charge in [0.05, 0.1) is 13.2 Å². The van der Waals surface area contributed by atoms with E-state index in [9.17, 15) is 9.59 Å². The fraction of sp³-hybridized carbons (Fsp3) is 0.556. The molecule has 1 rings (SSSR count). The van der Waals surface area contributed by atoms with E-state index in [4.69, 9.17) is 4.43 Å². The molecule has 0 heterocycles. The van der Waals surface area contributed by atoms with E-state index in [-0.39, 0.29) is 29.8 Å². The quantitative estimate of drug-likeness (QED) is 0.424. The lowest BCUT2D eigenvalue weighted by atomic mass is 10.0. The molecule has 0 amide bonds. The SMILES string of the molecule is COC(=O)CC(=O)CC(O[Si](C)(C)C(C)(C)C)c1ccccc1. The fourth-order valence-electron chi connectivity index (χ4n) is 1.94. The van der Waals surface area contributed by atoms with Crippen LogP contribution in [0, 0.1) is 0 Å². The molecule has 1 atom stereocenters. The second-order valence-electron chi connectivity index (χ2n) is 7.27. The van der Waals surface area contributed by atoms with Gasteiger partial charge in [-0.2, -0.15) is 0 Å². The second kappa shape index (κ2) is 7.88. The third-order valence-corrected chi connectivity index (χ3v) is 8.88. The molecule has 1 aromatic carbocycles. The average Bonchev–Trinajstić information content (AvgIpc) is 2.45. The molecule has 0 N–H and O–H groups in total. The van der Waals surface area contributed by atoms with Gasteiger partial charge in [0.15, 0.2) is 8.32 Å². The van der Waals surface area contributed by atoms with E-state index in [0.29, 0.717) is 0 Å². The van der Waals surface area contributed by atoms with Gasteiger partial charge in [0, 0.05) is 6.42 Å². The van der Waals surface area contributed by atoms with E-state index in [1.807, 2.05) is 30.3 Å². The van der Waals surface area contributed by atoms with Gasteiger partial charge < -0.3 is 9.16 Å². The molecule has 0 aliphatic carbocycles. The maximum absolute atomic E-state index is 12.2. The minimum absolute atomic E-state index is 0.0471. The summed E-state index contributed by atoms with van der Waals surface area (Å²) in [5.41, 5.74) is 0.968. The first-order valence-electron chi connectivity index (χ1n) is 7.88. The zero-order valence-corrected chi connectivity index (χ0v) is 16.0. The van der Waals surface area contributed by atoms with Crippen molar-refractivity contribution in [3.05, 3.63) is 35.9 Å². The third-order valence-electron chi connectivity index (χ3n) is 4.40. The molecule has 0 bridgehead atoms. The molecule has 0 radical (unpaired) electrons. The summed E-state index contributed by atoms with van der Waals surface area (Å²) in [5.74, 6) is -0.668. The van der Waals surface area contributed by atoms with Crippen LogP contribution in [0.5, 0.6) is 0 Å². The van der Waals surface area contributed by atoms with E-state index in [2.05, 4.69) is 38.6 Å². The van der Waals surface area contributed by atoms with Crippen molar-refractivity contribution in [2.75, 3.05) is 7.11 Å². The molecule has 0 aromatic heterocycles. The number of hydrogen-bond acceptors (Lipinski definition) is 4. The molecule has 128 valence electrons. The molecular formula is C18H28O4Si. The molecule has 5 heteroatoms. The first-order valence-corrected chi connectivity index (χ1v) is 10.8. The number of carbonyl (C=O) groups excluding carboxylic acids is 2. The van der Waals surface area contributed by atoms with E-state index >= 15 is 0 Å². The van der Waals surface area contributed by atoms with Crippen molar-refractivity contribution in [2.45, 2.75) is 57.8 Å². The van der Waals surface area contributed by atoms with Crippen molar-refractivity contribution >= 4 is 20.1 Å². The van der Waals surface area contributed by atoms with Gasteiger partial charge in [-0.05, 0) is 23.7 Å². The Bertz CT molecular complexity index is 532. The number of rotatable bonds is 7. The lowest BCUT2D eigenvalue weighted by Gasteiger charge is -2.39. The van der Waals surface area contributed by atoms with Crippen LogP contribution >= 0.6 is 0 Å². The van der Waals surface area contributed by atoms with Crippen LogP contribution in [0.1, 0.15) is 45.3 Å². The van der Waals surface area contributed by atoms with Gasteiger partial charge in [-0.15, -0.1) is 0 Å². The molecule has 0 saturated heterocycles. The van der Waals surface area contributed by atoms with Gasteiger partial charge in [-0.1, -0.05) is 51.1 Å². The number of benzene rings is 1. The zero-order valence-electron chi connectivity index (χ0n) is 15.0. The molecule has 0 aliphatic rings. The first kappa shape index (κ1) is 19.6. The lowest BCUT2D eigenvalue weighted by Crippen LogP contribution is -2.42. The van der Waals surface area contributed by atoms with Crippen LogP contribution in [-0.2, 0) is 18.8 Å². The fourth-order valence-corrected chi connectivity index (χ4v) is 3.22. The highest BCUT2D eigenvalue weighted by molar-refractivity contribution is 6.74. The van der Waals surface area contributed by atoms with Crippen LogP contribution in [0.15, 0.2) is 30.3 Å². The predicted octanol–water partition coefficient (Wildman–Crippen LogP) is 4.27. The van der Waals surface area contributed by atoms with Gasteiger partial charge in [0.25, 0.3) is 0 Å². The first-order chi connectivity index (χ1) is 10.6. The van der Waals surface area contributed by atoms with E-state index in [1.54, 1.807) is 0 Å². The van der Waals surface area contributed by atoms with Crippen molar-refractivity contribution < 1.29 is 18.8 Å². The van der Waals surface area contributed by atoms with Gasteiger partial charge in [0.2, 0.25) is 0 Å². The Labute approximate surface area is 140 Å². The smallest absolute Gasteiger partial charge is 0.313 e. The number of esters is 1. The van der Waals surface area contributed by atoms with E-state index < -0.39 is 14.3 Å². The van der Waals surface area contributed by atoms with Gasteiger partial charge in [-0.25, -0.2) is 0 Å². The van der Waals surface area contributed by atoms with Crippen molar-refractivity contribution in [3.8, 4) is 0 Å². The second-order valence-corrected chi connectivity index (χ2v) is 12.0. The summed E-state index contributed by atoms with van der Waals surface area (Å²) in [6.45, 7) is 10.8. The highest BCUT2D eigenvalue weighted by Crippen LogP contribution is 2.40. The predicted molar refractivity (Wildman–Crippen MR) is 93.7 cm³/mol. The molecule has 1 aromatic rings. The van der Waals surface area contributed by atoms with E-state index in [1.165, 1.54) is 7.11 Å². The van der Waals surface area contributed by atoms with Crippen LogP contribution in [-0.4, -0.2) is 27.2 Å². The Morgan fingerprint density at radius 3 is 2.17 bits per heavy atom. The normalized spacial score (nSPS) is 13.5. The van der Waals surface area contributed by atoms with Crippen LogP contribution in [0.3, 0.4) is 0 Å². The van der Waals surface area contributed by atoms with Crippen LogP contribution in [0.4, 0.5) is 0 Å². The molecule has 1 unspecified atom stereocenters. The lowest BCUT2D eigenvalue weighted by molar-refractivity contribution is -0.143. The van der Waals surface area contributed by atoms with Gasteiger partial charge >= 0.3 is 5.97 Å². The highest BCUT2D eigenvalue weighted by Gasteiger charge is 2.39. The summed E-state index contributed by atoms with van der Waals surface area (Å²) in [4.78, 5) is 23.5. The Morgan fingerprint density at radius 2 is 1.70 bits per heavy atom. The molecular weight excluding hydrogens is 308 g/mol. The maximum atomic E-state index is 12.2. The minimum Gasteiger partial charge on any atom is -0.469 e. The summed E-state index contributed by atoms with van der Waals surface area (Å²) < 4.78 is 11.0. The molecule has 4 nitrogen and oxygen atoms in total. The number of methoxy groups -OCH3 is 1. The Morgan fingerprint density at radius 1 is 1.13 bits per heavy atom. The number of ketones is 1. The van der Waals surface area contributed by atoms with Crippen molar-refractivity contribution in [1.82, 2.24) is 0 Å². The molecule has 0 fully saturated rings. The summed E-state index contributed by atoms with van der Waals surface area (Å²) in [6, 6.07) is 9.72. The standard InChI is InChI=1S/C18H28O4Si/c1-18(2,3)23(5,6)22-16(14-10-8-7-9-11-14)12-15(19)13-17(20)21-4/h7-11,16H,12-13H2,1-6H3. The number of ether oxygens (including phenoxy) is 1. The number of Topliss-reactive ketones (excluding diaryl/α,β-unsaturated/α-hetero) is 1. The van der Waals surface area contributed by atoms with E-state index in [0.717, 1.165) is 5.56 Å². The van der Waals surface area contributed by atoms with Crippen LogP contribution in [0.25, 0.3) is 0 Å². The Kier molecular flexibility index (Phi) is 6.71. The Balaban J connectivity index is 2.95. The van der Waals surface area contributed by atoms with Crippen molar-refractivity contribution in [1.29, 1.82) is 0 Å². The summed E-state index contributed by atoms with van der Waals surface area (Å²) >= 11 is 0. The van der Waals surface area contributed by atoms with Crippen LogP contribution < -0.4 is 0 Å². The largest absolute Gasteiger partial charge is 0.469 e. The number of carbonyl (C=O) groups is 2. The molecule has 23 heavy (non-hydrogen) atoms. The molecule has 0 saturated carbocycles. The maximum Gasteiger partial charge on any atom is 0.313 e. The van der Waals surface area contributed by atoms with Crippen LogP contribution in [0.2, 0.25) is 18.1 Å². The van der Waals surface area contributed by atoms with Crippen molar-refractivity contribution in [2.24, 2.45) is 0 Å². The zero-order chi connectivity index (χ0) is 17.7. The topological polar surface area (TPSA) is 52.6 Å². The van der Waals surface area contributed by atoms with Gasteiger partial charge in [-0.3, -0.25) is 9.59 Å². The third kappa shape index (κ3) is 5.92. The van der Waals surface area contributed by atoms with Crippen molar-refractivity contribution in [3.63, 3.8) is 0 Å². The average molecular weight is 337 g/mol. The summed E-state index contributed by atoms with van der Waals surface area (Å²) in [7, 11) is -0.746. The highest BCUT2D eigenvalue weighted by atomic mass is 28.4. The molecule has 0 aliphatic heterocycles. The van der Waals surface area contributed by atoms with Gasteiger partial charge in [0.1, 0.15) is 12.2 Å². The monoisotopic (exact) mass is 336 g/mol. The Hall–Kier alpha value is -1.46.